The predicted octanol–water partition coefficient (Wildman–Crippen LogP) is 2.96. The third-order valence-electron chi connectivity index (χ3n) is 2.86. The van der Waals surface area contributed by atoms with Crippen LogP contribution in [0.2, 0.25) is 0 Å². The normalized spacial score (nSPS) is 17.4. The van der Waals surface area contributed by atoms with Crippen molar-refractivity contribution < 1.29 is 0 Å². The number of thiol groups is 1. The van der Waals surface area contributed by atoms with Crippen LogP contribution in [0.15, 0.2) is 24.4 Å². The lowest BCUT2D eigenvalue weighted by Crippen LogP contribution is -2.31. The zero-order valence-electron chi connectivity index (χ0n) is 10.7. The van der Waals surface area contributed by atoms with Crippen LogP contribution in [0.5, 0.6) is 0 Å². The van der Waals surface area contributed by atoms with Crippen molar-refractivity contribution in [1.29, 1.82) is 0 Å². The Bertz CT molecular complexity index is 285. The van der Waals surface area contributed by atoms with Gasteiger partial charge in [-0.3, -0.25) is 4.98 Å². The van der Waals surface area contributed by atoms with Gasteiger partial charge in [0.05, 0.1) is 5.69 Å². The quantitative estimate of drug-likeness (QED) is 0.851. The summed E-state index contributed by atoms with van der Waals surface area (Å²) in [6.07, 6.45) is 6.23. The van der Waals surface area contributed by atoms with E-state index in [0.29, 0.717) is 0 Å². The van der Waals surface area contributed by atoms with Gasteiger partial charge in [-0.25, -0.2) is 0 Å². The molecule has 0 N–H and O–H groups in total. The van der Waals surface area contributed by atoms with Crippen LogP contribution in [-0.2, 0) is 5.75 Å². The van der Waals surface area contributed by atoms with E-state index in [2.05, 4.69) is 53.5 Å². The molecule has 0 bridgehead atoms. The van der Waals surface area contributed by atoms with E-state index >= 15 is 0 Å². The molecule has 1 aromatic heterocycles. The number of hydrogen-bond donors (Lipinski definition) is 1. The average Bonchev–Trinajstić information content (AvgIpc) is 2.42. The number of likely N-dealkylation sites (tertiary alicyclic amines) is 1. The molecule has 2 heterocycles. The first kappa shape index (κ1) is 14.9. The van der Waals surface area contributed by atoms with Gasteiger partial charge in [-0.05, 0) is 51.4 Å². The van der Waals surface area contributed by atoms with Gasteiger partial charge in [0.2, 0.25) is 0 Å². The van der Waals surface area contributed by atoms with Crippen LogP contribution in [-0.4, -0.2) is 41.5 Å². The molecule has 0 amide bonds. The first-order valence-electron chi connectivity index (χ1n) is 5.99. The highest BCUT2D eigenvalue weighted by molar-refractivity contribution is 7.99. The highest BCUT2D eigenvalue weighted by Crippen LogP contribution is 2.25. The molecule has 0 atom stereocenters. The van der Waals surface area contributed by atoms with E-state index in [1.165, 1.54) is 31.6 Å². The van der Waals surface area contributed by atoms with Crippen LogP contribution in [0.3, 0.4) is 0 Å². The summed E-state index contributed by atoms with van der Waals surface area (Å²) >= 11 is 5.59. The number of nitrogens with zero attached hydrogens (tertiary/aromatic N) is 2. The van der Waals surface area contributed by atoms with Crippen molar-refractivity contribution in [3.05, 3.63) is 30.1 Å². The highest BCUT2D eigenvalue weighted by Gasteiger charge is 2.16. The zero-order valence-corrected chi connectivity index (χ0v) is 12.4. The van der Waals surface area contributed by atoms with Crippen LogP contribution in [0.1, 0.15) is 18.5 Å². The Morgan fingerprint density at radius 3 is 2.65 bits per heavy atom. The van der Waals surface area contributed by atoms with Gasteiger partial charge in [0.15, 0.2) is 0 Å². The molecule has 1 aliphatic rings. The van der Waals surface area contributed by atoms with Crippen LogP contribution in [0.25, 0.3) is 0 Å². The van der Waals surface area contributed by atoms with Crippen molar-refractivity contribution in [2.45, 2.75) is 23.8 Å². The summed E-state index contributed by atoms with van der Waals surface area (Å²) in [5.74, 6) is 1.06. The fourth-order valence-corrected chi connectivity index (χ4v) is 2.96. The van der Waals surface area contributed by atoms with E-state index in [4.69, 9.17) is 0 Å². The van der Waals surface area contributed by atoms with Crippen LogP contribution in [0, 0.1) is 0 Å². The molecule has 17 heavy (non-hydrogen) atoms. The van der Waals surface area contributed by atoms with Crippen LogP contribution < -0.4 is 0 Å². The van der Waals surface area contributed by atoms with E-state index in [-0.39, 0.29) is 0 Å². The third-order valence-corrected chi connectivity index (χ3v) is 4.26. The number of hydrogen-bond acceptors (Lipinski definition) is 4. The molecule has 4 heteroatoms. The number of aromatic nitrogens is 1. The molecule has 0 aliphatic carbocycles. The Morgan fingerprint density at radius 2 is 2.06 bits per heavy atom. The smallest absolute Gasteiger partial charge is 0.0502 e. The van der Waals surface area contributed by atoms with Crippen molar-refractivity contribution in [3.8, 4) is 0 Å². The van der Waals surface area contributed by atoms with Crippen molar-refractivity contribution in [1.82, 2.24) is 9.88 Å². The maximum atomic E-state index is 4.35. The summed E-state index contributed by atoms with van der Waals surface area (Å²) < 4.78 is 0. The molecule has 0 radical (unpaired) electrons. The maximum absolute atomic E-state index is 4.35. The minimum atomic E-state index is 0.836. The number of rotatable bonds is 3. The van der Waals surface area contributed by atoms with Crippen molar-refractivity contribution in [2.24, 2.45) is 0 Å². The lowest BCUT2D eigenvalue weighted by Gasteiger charge is -2.28. The molecule has 1 aromatic rings. The van der Waals surface area contributed by atoms with Crippen LogP contribution in [0.4, 0.5) is 0 Å². The second kappa shape index (κ2) is 8.84. The van der Waals surface area contributed by atoms with Gasteiger partial charge in [0.1, 0.15) is 0 Å². The first-order chi connectivity index (χ1) is 8.34. The summed E-state index contributed by atoms with van der Waals surface area (Å²) in [5, 5.41) is 0.836. The molecule has 96 valence electrons. The van der Waals surface area contributed by atoms with E-state index in [1.54, 1.807) is 6.26 Å². The second-order valence-corrected chi connectivity index (χ2v) is 5.42. The molecular weight excluding hydrogens is 248 g/mol. The van der Waals surface area contributed by atoms with Gasteiger partial charge in [-0.2, -0.15) is 24.4 Å². The van der Waals surface area contributed by atoms with Gasteiger partial charge < -0.3 is 4.90 Å². The van der Waals surface area contributed by atoms with E-state index in [1.807, 2.05) is 12.3 Å². The molecule has 0 spiro atoms. The predicted molar refractivity (Wildman–Crippen MR) is 81.0 cm³/mol. The lowest BCUT2D eigenvalue weighted by molar-refractivity contribution is 0.282. The molecule has 2 rings (SSSR count). The van der Waals surface area contributed by atoms with E-state index in [0.717, 1.165) is 11.0 Å². The van der Waals surface area contributed by atoms with Crippen molar-refractivity contribution in [2.75, 3.05) is 26.4 Å². The minimum Gasteiger partial charge on any atom is -0.306 e. The summed E-state index contributed by atoms with van der Waals surface area (Å²) in [7, 11) is 2.21. The van der Waals surface area contributed by atoms with Gasteiger partial charge in [0.25, 0.3) is 0 Å². The molecule has 1 fully saturated rings. The summed E-state index contributed by atoms with van der Waals surface area (Å²) in [4.78, 5) is 6.76. The van der Waals surface area contributed by atoms with Crippen molar-refractivity contribution >= 4 is 24.4 Å². The maximum Gasteiger partial charge on any atom is 0.0502 e. The Hall–Kier alpha value is -0.190. The number of thioether (sulfide) groups is 1. The topological polar surface area (TPSA) is 16.1 Å². The molecule has 0 aromatic carbocycles. The van der Waals surface area contributed by atoms with E-state index in [9.17, 15) is 0 Å². The Balaban J connectivity index is 0.000000686. The van der Waals surface area contributed by atoms with Gasteiger partial charge in [0, 0.05) is 17.2 Å². The van der Waals surface area contributed by atoms with E-state index < -0.39 is 0 Å². The lowest BCUT2D eigenvalue weighted by atomic mass is 10.1. The Morgan fingerprint density at radius 1 is 1.35 bits per heavy atom. The third kappa shape index (κ3) is 5.80. The number of pyridine rings is 1. The van der Waals surface area contributed by atoms with Crippen LogP contribution >= 0.6 is 24.4 Å². The molecular formula is C13H22N2S2. The monoisotopic (exact) mass is 270 g/mol. The largest absolute Gasteiger partial charge is 0.306 e. The summed E-state index contributed by atoms with van der Waals surface area (Å²) in [6.45, 7) is 2.50. The average molecular weight is 270 g/mol. The fraction of sp³-hybridized carbons (Fsp3) is 0.615. The first-order valence-corrected chi connectivity index (χ1v) is 7.93. The fourth-order valence-electron chi connectivity index (χ4n) is 1.84. The zero-order chi connectivity index (χ0) is 12.5. The van der Waals surface area contributed by atoms with Crippen molar-refractivity contribution in [3.63, 3.8) is 0 Å². The van der Waals surface area contributed by atoms with Gasteiger partial charge in [-0.15, -0.1) is 0 Å². The standard InChI is InChI=1S/C12H18N2S.CH4S/c1-14-8-5-12(6-9-14)15-10-11-4-2-3-7-13-11;1-2/h2-4,7,12H,5-6,8-10H2,1H3;2H,1H3. The molecule has 1 saturated heterocycles. The second-order valence-electron chi connectivity index (χ2n) is 4.13. The SMILES string of the molecule is CN1CCC(SCc2ccccn2)CC1.CS. The number of piperidine rings is 1. The molecule has 1 aliphatic heterocycles. The minimum absolute atomic E-state index is 0.836. The molecule has 2 nitrogen and oxygen atoms in total. The Labute approximate surface area is 115 Å². The van der Waals surface area contributed by atoms with Gasteiger partial charge >= 0.3 is 0 Å². The Kier molecular flexibility index (Phi) is 7.73. The van der Waals surface area contributed by atoms with Gasteiger partial charge in [-0.1, -0.05) is 6.07 Å². The summed E-state index contributed by atoms with van der Waals surface area (Å²) in [5.41, 5.74) is 1.21. The molecule has 0 unspecified atom stereocenters. The molecule has 0 saturated carbocycles. The summed E-state index contributed by atoms with van der Waals surface area (Å²) in [6, 6.07) is 6.16. The highest BCUT2D eigenvalue weighted by atomic mass is 32.2.